The molecule has 1 fully saturated rings. The summed E-state index contributed by atoms with van der Waals surface area (Å²) in [5.41, 5.74) is 6.48. The van der Waals surface area contributed by atoms with E-state index in [2.05, 4.69) is 16.9 Å². The standard InChI is InChI=1S/C14H23N3O/c1-8(2)11-12(15)16-13(17-14(11)18)10-6-4-5-9(3)7-10/h8-10H,4-7H2,1-3H3,(H3,15,16,17,18). The Labute approximate surface area is 108 Å². The van der Waals surface area contributed by atoms with Crippen molar-refractivity contribution in [3.05, 3.63) is 21.7 Å². The second kappa shape index (κ2) is 5.12. The Morgan fingerprint density at radius 2 is 2.11 bits per heavy atom. The van der Waals surface area contributed by atoms with Gasteiger partial charge in [-0.15, -0.1) is 0 Å². The van der Waals surface area contributed by atoms with Crippen LogP contribution in [-0.4, -0.2) is 9.97 Å². The van der Waals surface area contributed by atoms with Crippen molar-refractivity contribution in [2.75, 3.05) is 5.73 Å². The molecule has 1 aliphatic rings. The van der Waals surface area contributed by atoms with Crippen LogP contribution in [0.4, 0.5) is 5.82 Å². The molecule has 3 N–H and O–H groups in total. The van der Waals surface area contributed by atoms with Crippen LogP contribution in [0.25, 0.3) is 0 Å². The van der Waals surface area contributed by atoms with Crippen LogP contribution in [0.15, 0.2) is 4.79 Å². The predicted octanol–water partition coefficient (Wildman–Crippen LogP) is 2.77. The van der Waals surface area contributed by atoms with E-state index in [1.54, 1.807) is 0 Å². The molecule has 4 nitrogen and oxygen atoms in total. The summed E-state index contributed by atoms with van der Waals surface area (Å²) in [5.74, 6) is 2.38. The third-order valence-electron chi connectivity index (χ3n) is 3.90. The van der Waals surface area contributed by atoms with Gasteiger partial charge < -0.3 is 10.7 Å². The van der Waals surface area contributed by atoms with Crippen molar-refractivity contribution in [3.63, 3.8) is 0 Å². The molecule has 0 bridgehead atoms. The number of H-pyrrole nitrogens is 1. The van der Waals surface area contributed by atoms with Crippen LogP contribution in [0, 0.1) is 5.92 Å². The van der Waals surface area contributed by atoms with E-state index in [1.165, 1.54) is 12.8 Å². The van der Waals surface area contributed by atoms with Crippen LogP contribution in [-0.2, 0) is 0 Å². The number of hydrogen-bond acceptors (Lipinski definition) is 3. The first-order valence-corrected chi connectivity index (χ1v) is 6.88. The van der Waals surface area contributed by atoms with Gasteiger partial charge in [-0.1, -0.05) is 33.6 Å². The average Bonchev–Trinajstić information content (AvgIpc) is 2.27. The van der Waals surface area contributed by atoms with Gasteiger partial charge in [-0.2, -0.15) is 0 Å². The van der Waals surface area contributed by atoms with E-state index in [4.69, 9.17) is 5.73 Å². The Morgan fingerprint density at radius 3 is 2.67 bits per heavy atom. The summed E-state index contributed by atoms with van der Waals surface area (Å²) in [4.78, 5) is 19.4. The van der Waals surface area contributed by atoms with Gasteiger partial charge in [0.1, 0.15) is 11.6 Å². The topological polar surface area (TPSA) is 71.8 Å². The van der Waals surface area contributed by atoms with Gasteiger partial charge in [0.15, 0.2) is 0 Å². The van der Waals surface area contributed by atoms with Crippen molar-refractivity contribution < 1.29 is 0 Å². The minimum absolute atomic E-state index is 0.0641. The van der Waals surface area contributed by atoms with Gasteiger partial charge in [0, 0.05) is 5.92 Å². The smallest absolute Gasteiger partial charge is 0.256 e. The molecule has 2 unspecified atom stereocenters. The third kappa shape index (κ3) is 2.57. The Morgan fingerprint density at radius 1 is 1.39 bits per heavy atom. The fraction of sp³-hybridized carbons (Fsp3) is 0.714. The fourth-order valence-corrected chi connectivity index (χ4v) is 2.95. The Bertz CT molecular complexity index is 478. The van der Waals surface area contributed by atoms with Gasteiger partial charge >= 0.3 is 0 Å². The number of aromatic nitrogens is 2. The van der Waals surface area contributed by atoms with Gasteiger partial charge in [0.2, 0.25) is 0 Å². The molecule has 1 saturated carbocycles. The molecule has 1 heterocycles. The van der Waals surface area contributed by atoms with Crippen molar-refractivity contribution in [2.24, 2.45) is 5.92 Å². The molecule has 0 aromatic carbocycles. The van der Waals surface area contributed by atoms with E-state index >= 15 is 0 Å². The minimum atomic E-state index is -0.0641. The molecule has 18 heavy (non-hydrogen) atoms. The highest BCUT2D eigenvalue weighted by Crippen LogP contribution is 2.34. The van der Waals surface area contributed by atoms with Crippen molar-refractivity contribution in [1.29, 1.82) is 0 Å². The van der Waals surface area contributed by atoms with E-state index in [9.17, 15) is 4.79 Å². The van der Waals surface area contributed by atoms with E-state index in [-0.39, 0.29) is 11.5 Å². The monoisotopic (exact) mass is 249 g/mol. The van der Waals surface area contributed by atoms with Crippen LogP contribution in [0.5, 0.6) is 0 Å². The molecule has 1 aromatic rings. The summed E-state index contributed by atoms with van der Waals surface area (Å²) in [5, 5.41) is 0. The number of nitrogens with zero attached hydrogens (tertiary/aromatic N) is 1. The van der Waals surface area contributed by atoms with Gasteiger partial charge in [0.25, 0.3) is 5.56 Å². The molecule has 2 atom stereocenters. The lowest BCUT2D eigenvalue weighted by Crippen LogP contribution is -2.24. The molecule has 0 aliphatic heterocycles. The molecule has 100 valence electrons. The molecule has 0 radical (unpaired) electrons. The Kier molecular flexibility index (Phi) is 3.73. The van der Waals surface area contributed by atoms with E-state index in [1.807, 2.05) is 13.8 Å². The highest BCUT2D eigenvalue weighted by molar-refractivity contribution is 5.40. The van der Waals surface area contributed by atoms with Crippen LogP contribution < -0.4 is 11.3 Å². The summed E-state index contributed by atoms with van der Waals surface area (Å²) in [6, 6.07) is 0. The lowest BCUT2D eigenvalue weighted by molar-refractivity contribution is 0.335. The SMILES string of the molecule is CC1CCCC(c2nc(N)c(C(C)C)c(=O)[nH]2)C1. The third-order valence-corrected chi connectivity index (χ3v) is 3.90. The highest BCUT2D eigenvalue weighted by Gasteiger charge is 2.23. The zero-order valence-corrected chi connectivity index (χ0v) is 11.5. The van der Waals surface area contributed by atoms with Crippen molar-refractivity contribution in [3.8, 4) is 0 Å². The van der Waals surface area contributed by atoms with Crippen molar-refractivity contribution in [1.82, 2.24) is 9.97 Å². The van der Waals surface area contributed by atoms with Crippen LogP contribution in [0.3, 0.4) is 0 Å². The average molecular weight is 249 g/mol. The van der Waals surface area contributed by atoms with E-state index in [0.717, 1.165) is 18.7 Å². The zero-order chi connectivity index (χ0) is 13.3. The zero-order valence-electron chi connectivity index (χ0n) is 11.5. The maximum absolute atomic E-state index is 12.1. The maximum Gasteiger partial charge on any atom is 0.256 e. The Balaban J connectivity index is 2.33. The van der Waals surface area contributed by atoms with Crippen molar-refractivity contribution in [2.45, 2.75) is 58.3 Å². The minimum Gasteiger partial charge on any atom is -0.383 e. The molecular weight excluding hydrogens is 226 g/mol. The normalized spacial score (nSPS) is 24.4. The van der Waals surface area contributed by atoms with Crippen LogP contribution in [0.2, 0.25) is 0 Å². The number of nitrogens with two attached hydrogens (primary N) is 1. The molecule has 1 aliphatic carbocycles. The lowest BCUT2D eigenvalue weighted by Gasteiger charge is -2.26. The van der Waals surface area contributed by atoms with Gasteiger partial charge in [0.05, 0.1) is 5.56 Å². The van der Waals surface area contributed by atoms with Gasteiger partial charge in [-0.3, -0.25) is 4.79 Å². The van der Waals surface area contributed by atoms with Crippen LogP contribution in [0.1, 0.15) is 69.7 Å². The molecular formula is C14H23N3O. The summed E-state index contributed by atoms with van der Waals surface area (Å²) >= 11 is 0. The molecule has 0 saturated heterocycles. The molecule has 1 aromatic heterocycles. The number of hydrogen-bond donors (Lipinski definition) is 2. The predicted molar refractivity (Wildman–Crippen MR) is 73.7 cm³/mol. The first kappa shape index (κ1) is 13.1. The lowest BCUT2D eigenvalue weighted by atomic mass is 9.82. The van der Waals surface area contributed by atoms with E-state index in [0.29, 0.717) is 23.2 Å². The summed E-state index contributed by atoms with van der Waals surface area (Å²) < 4.78 is 0. The quantitative estimate of drug-likeness (QED) is 0.846. The number of nitrogens with one attached hydrogen (secondary N) is 1. The first-order chi connectivity index (χ1) is 8.49. The van der Waals surface area contributed by atoms with Crippen molar-refractivity contribution >= 4 is 5.82 Å². The number of aromatic amines is 1. The largest absolute Gasteiger partial charge is 0.383 e. The number of anilines is 1. The molecule has 0 spiro atoms. The maximum atomic E-state index is 12.1. The summed E-state index contributed by atoms with van der Waals surface area (Å²) in [7, 11) is 0. The van der Waals surface area contributed by atoms with Gasteiger partial charge in [-0.25, -0.2) is 4.98 Å². The van der Waals surface area contributed by atoms with Crippen LogP contribution >= 0.6 is 0 Å². The number of rotatable bonds is 2. The van der Waals surface area contributed by atoms with Gasteiger partial charge in [-0.05, 0) is 24.7 Å². The van der Waals surface area contributed by atoms with E-state index < -0.39 is 0 Å². The summed E-state index contributed by atoms with van der Waals surface area (Å²) in [6.07, 6.45) is 4.69. The summed E-state index contributed by atoms with van der Waals surface area (Å²) in [6.45, 7) is 6.19. The molecule has 0 amide bonds. The second-order valence-corrected chi connectivity index (χ2v) is 5.87. The Hall–Kier alpha value is -1.32. The second-order valence-electron chi connectivity index (χ2n) is 5.87. The highest BCUT2D eigenvalue weighted by atomic mass is 16.1. The number of nitrogen functional groups attached to an aromatic ring is 1. The molecule has 2 rings (SSSR count). The first-order valence-electron chi connectivity index (χ1n) is 6.88. The fourth-order valence-electron chi connectivity index (χ4n) is 2.95. The molecule has 4 heteroatoms.